The SMILES string of the molecule is O=C(CCCCCCCCCCCCCCC1CC1)Cc1ccccc1[N+](=O)[O-]. The molecule has 1 aromatic carbocycles. The number of hydrogen-bond donors (Lipinski definition) is 0. The van der Waals surface area contributed by atoms with E-state index in [4.69, 9.17) is 0 Å². The fourth-order valence-corrected chi connectivity index (χ4v) is 4.07. The van der Waals surface area contributed by atoms with E-state index in [9.17, 15) is 14.9 Å². The summed E-state index contributed by atoms with van der Waals surface area (Å²) in [6.45, 7) is 0. The van der Waals surface area contributed by atoms with Crippen molar-refractivity contribution in [3.05, 3.63) is 39.9 Å². The van der Waals surface area contributed by atoms with Gasteiger partial charge in [-0.2, -0.15) is 0 Å². The molecule has 0 unspecified atom stereocenters. The number of carbonyl (C=O) groups is 1. The second-order valence-electron chi connectivity index (χ2n) is 8.83. The number of carbonyl (C=O) groups excluding carboxylic acids is 1. The molecule has 0 atom stereocenters. The molecule has 0 radical (unpaired) electrons. The van der Waals surface area contributed by atoms with Gasteiger partial charge in [0, 0.05) is 24.5 Å². The molecule has 1 aromatic rings. The van der Waals surface area contributed by atoms with Crippen LogP contribution in [-0.2, 0) is 11.2 Å². The zero-order valence-electron chi connectivity index (χ0n) is 18.1. The van der Waals surface area contributed by atoms with E-state index in [0.717, 1.165) is 18.8 Å². The van der Waals surface area contributed by atoms with E-state index < -0.39 is 4.92 Å². The summed E-state index contributed by atoms with van der Waals surface area (Å²) in [6, 6.07) is 6.55. The Morgan fingerprint density at radius 2 is 1.34 bits per heavy atom. The van der Waals surface area contributed by atoms with E-state index in [1.54, 1.807) is 18.2 Å². The number of nitro benzene ring substituents is 1. The molecule has 1 aliphatic rings. The molecule has 162 valence electrons. The number of ketones is 1. The Labute approximate surface area is 176 Å². The van der Waals surface area contributed by atoms with Crippen LogP contribution in [0.2, 0.25) is 0 Å². The molecule has 0 heterocycles. The number of nitro groups is 1. The summed E-state index contributed by atoms with van der Waals surface area (Å²) in [5.41, 5.74) is 0.588. The van der Waals surface area contributed by atoms with Crippen molar-refractivity contribution in [1.82, 2.24) is 0 Å². The maximum Gasteiger partial charge on any atom is 0.273 e. The van der Waals surface area contributed by atoms with E-state index in [0.29, 0.717) is 12.0 Å². The van der Waals surface area contributed by atoms with Gasteiger partial charge in [-0.05, 0) is 12.3 Å². The summed E-state index contributed by atoms with van der Waals surface area (Å²) in [5.74, 6) is 1.20. The Kier molecular flexibility index (Phi) is 11.6. The minimum Gasteiger partial charge on any atom is -0.299 e. The number of Topliss-reactive ketones (excluding diaryl/α,β-unsaturated/α-hetero) is 1. The van der Waals surface area contributed by atoms with Crippen LogP contribution in [-0.4, -0.2) is 10.7 Å². The number of nitrogens with zero attached hydrogens (tertiary/aromatic N) is 1. The van der Waals surface area contributed by atoms with Gasteiger partial charge in [0.15, 0.2) is 0 Å². The van der Waals surface area contributed by atoms with Crippen molar-refractivity contribution in [2.45, 2.75) is 109 Å². The van der Waals surface area contributed by atoms with Crippen LogP contribution in [0.3, 0.4) is 0 Å². The minimum absolute atomic E-state index is 0.0547. The second kappa shape index (κ2) is 14.3. The van der Waals surface area contributed by atoms with Crippen molar-refractivity contribution >= 4 is 11.5 Å². The fourth-order valence-electron chi connectivity index (χ4n) is 4.07. The lowest BCUT2D eigenvalue weighted by molar-refractivity contribution is -0.385. The Balaban J connectivity index is 1.36. The highest BCUT2D eigenvalue weighted by Crippen LogP contribution is 2.34. The zero-order chi connectivity index (χ0) is 20.7. The molecule has 1 saturated carbocycles. The van der Waals surface area contributed by atoms with Gasteiger partial charge >= 0.3 is 0 Å². The monoisotopic (exact) mass is 401 g/mol. The van der Waals surface area contributed by atoms with Gasteiger partial charge in [-0.25, -0.2) is 0 Å². The molecule has 29 heavy (non-hydrogen) atoms. The van der Waals surface area contributed by atoms with Crippen LogP contribution in [0, 0.1) is 16.0 Å². The number of hydrogen-bond acceptors (Lipinski definition) is 3. The van der Waals surface area contributed by atoms with Crippen molar-refractivity contribution in [2.75, 3.05) is 0 Å². The van der Waals surface area contributed by atoms with Crippen LogP contribution >= 0.6 is 0 Å². The van der Waals surface area contributed by atoms with Crippen LogP contribution in [0.25, 0.3) is 0 Å². The van der Waals surface area contributed by atoms with Gasteiger partial charge in [0.05, 0.1) is 4.92 Å². The fraction of sp³-hybridized carbons (Fsp3) is 0.720. The zero-order valence-corrected chi connectivity index (χ0v) is 18.1. The molecule has 0 saturated heterocycles. The summed E-state index contributed by atoms with van der Waals surface area (Å²) >= 11 is 0. The highest BCUT2D eigenvalue weighted by Gasteiger charge is 2.19. The van der Waals surface area contributed by atoms with Crippen molar-refractivity contribution in [1.29, 1.82) is 0 Å². The average molecular weight is 402 g/mol. The predicted molar refractivity (Wildman–Crippen MR) is 119 cm³/mol. The molecule has 0 aromatic heterocycles. The Morgan fingerprint density at radius 3 is 1.90 bits per heavy atom. The van der Waals surface area contributed by atoms with Crippen molar-refractivity contribution < 1.29 is 9.72 Å². The number of rotatable bonds is 18. The molecular weight excluding hydrogens is 362 g/mol. The van der Waals surface area contributed by atoms with E-state index in [2.05, 4.69) is 0 Å². The Hall–Kier alpha value is -1.71. The first kappa shape index (κ1) is 23.6. The van der Waals surface area contributed by atoms with E-state index >= 15 is 0 Å². The normalized spacial score (nSPS) is 13.5. The summed E-state index contributed by atoms with van der Waals surface area (Å²) in [6.07, 6.45) is 20.8. The third-order valence-electron chi connectivity index (χ3n) is 6.09. The Morgan fingerprint density at radius 1 is 0.828 bits per heavy atom. The lowest BCUT2D eigenvalue weighted by Crippen LogP contribution is -2.05. The lowest BCUT2D eigenvalue weighted by atomic mass is 10.0. The molecular formula is C25H39NO3. The van der Waals surface area contributed by atoms with Crippen LogP contribution in [0.1, 0.15) is 108 Å². The summed E-state index contributed by atoms with van der Waals surface area (Å²) in [7, 11) is 0. The van der Waals surface area contributed by atoms with E-state index in [1.807, 2.05) is 0 Å². The van der Waals surface area contributed by atoms with Gasteiger partial charge in [-0.3, -0.25) is 14.9 Å². The molecule has 2 rings (SSSR count). The molecule has 4 nitrogen and oxygen atoms in total. The molecule has 4 heteroatoms. The van der Waals surface area contributed by atoms with Crippen molar-refractivity contribution in [3.63, 3.8) is 0 Å². The highest BCUT2D eigenvalue weighted by atomic mass is 16.6. The van der Waals surface area contributed by atoms with Crippen LogP contribution in [0.4, 0.5) is 5.69 Å². The molecule has 0 spiro atoms. The van der Waals surface area contributed by atoms with Crippen LogP contribution < -0.4 is 0 Å². The summed E-state index contributed by atoms with van der Waals surface area (Å²) in [5, 5.41) is 11.0. The van der Waals surface area contributed by atoms with Crippen LogP contribution in [0.15, 0.2) is 24.3 Å². The van der Waals surface area contributed by atoms with Gasteiger partial charge in [0.25, 0.3) is 5.69 Å². The first-order chi connectivity index (χ1) is 14.2. The average Bonchev–Trinajstić information content (AvgIpc) is 3.53. The highest BCUT2D eigenvalue weighted by molar-refractivity contribution is 5.81. The molecule has 0 bridgehead atoms. The van der Waals surface area contributed by atoms with Gasteiger partial charge in [0.2, 0.25) is 0 Å². The van der Waals surface area contributed by atoms with Crippen molar-refractivity contribution in [2.24, 2.45) is 5.92 Å². The molecule has 0 N–H and O–H groups in total. The maximum absolute atomic E-state index is 12.1. The largest absolute Gasteiger partial charge is 0.299 e. The van der Waals surface area contributed by atoms with Gasteiger partial charge < -0.3 is 0 Å². The van der Waals surface area contributed by atoms with Crippen molar-refractivity contribution in [3.8, 4) is 0 Å². The standard InChI is InChI=1S/C25H39NO3/c27-24(21-23-16-13-14-18-25(23)26(28)29)17-12-10-8-6-4-2-1-3-5-7-9-11-15-22-19-20-22/h13-14,16,18,22H,1-12,15,17,19-21H2. The third kappa shape index (κ3) is 11.2. The molecule has 1 aliphatic carbocycles. The number of unbranched alkanes of at least 4 members (excludes halogenated alkanes) is 11. The van der Waals surface area contributed by atoms with E-state index in [-0.39, 0.29) is 17.9 Å². The summed E-state index contributed by atoms with van der Waals surface area (Å²) < 4.78 is 0. The predicted octanol–water partition coefficient (Wildman–Crippen LogP) is 7.58. The number of benzene rings is 1. The first-order valence-corrected chi connectivity index (χ1v) is 11.9. The Bertz CT molecular complexity index is 610. The first-order valence-electron chi connectivity index (χ1n) is 11.9. The maximum atomic E-state index is 12.1. The minimum atomic E-state index is -0.405. The van der Waals surface area contributed by atoms with Gasteiger partial charge in [-0.15, -0.1) is 0 Å². The van der Waals surface area contributed by atoms with Gasteiger partial charge in [-0.1, -0.05) is 108 Å². The third-order valence-corrected chi connectivity index (χ3v) is 6.09. The number of para-hydroxylation sites is 1. The van der Waals surface area contributed by atoms with Crippen LogP contribution in [0.5, 0.6) is 0 Å². The molecule has 0 amide bonds. The van der Waals surface area contributed by atoms with E-state index in [1.165, 1.54) is 89.5 Å². The quantitative estimate of drug-likeness (QED) is 0.145. The second-order valence-corrected chi connectivity index (χ2v) is 8.83. The van der Waals surface area contributed by atoms with Gasteiger partial charge in [0.1, 0.15) is 5.78 Å². The molecule has 1 fully saturated rings. The smallest absolute Gasteiger partial charge is 0.273 e. The molecule has 0 aliphatic heterocycles. The topological polar surface area (TPSA) is 60.2 Å². The summed E-state index contributed by atoms with van der Waals surface area (Å²) in [4.78, 5) is 22.7. The lowest BCUT2D eigenvalue weighted by Gasteiger charge is -2.04.